The molecule has 1 aromatic carbocycles. The van der Waals surface area contributed by atoms with E-state index in [1.807, 2.05) is 25.1 Å². The van der Waals surface area contributed by atoms with Crippen LogP contribution in [-0.2, 0) is 9.53 Å². The van der Waals surface area contributed by atoms with Gasteiger partial charge in [0.15, 0.2) is 0 Å². The number of nitrogens with zero attached hydrogens (tertiary/aromatic N) is 1. The molecule has 0 saturated carbocycles. The van der Waals surface area contributed by atoms with Gasteiger partial charge in [-0.25, -0.2) is 0 Å². The van der Waals surface area contributed by atoms with Crippen molar-refractivity contribution in [2.24, 2.45) is 0 Å². The molecule has 21 heavy (non-hydrogen) atoms. The fraction of sp³-hybridized carbons (Fsp3) is 0.562. The highest BCUT2D eigenvalue weighted by Crippen LogP contribution is 2.24. The molecule has 5 heteroatoms. The number of nitrogens with one attached hydrogen (secondary N) is 2. The zero-order valence-electron chi connectivity index (χ0n) is 12.8. The van der Waals surface area contributed by atoms with E-state index in [2.05, 4.69) is 27.7 Å². The molecule has 2 N–H and O–H groups in total. The highest BCUT2D eigenvalue weighted by atomic mass is 16.5. The molecule has 2 unspecified atom stereocenters. The van der Waals surface area contributed by atoms with Gasteiger partial charge in [0.25, 0.3) is 0 Å². The first-order valence-corrected chi connectivity index (χ1v) is 7.56. The van der Waals surface area contributed by atoms with Gasteiger partial charge in [0, 0.05) is 33.3 Å². The van der Waals surface area contributed by atoms with Gasteiger partial charge in [-0.05, 0) is 12.5 Å². The zero-order chi connectivity index (χ0) is 15.1. The Balaban J connectivity index is 2.21. The van der Waals surface area contributed by atoms with Gasteiger partial charge in [-0.15, -0.1) is 0 Å². The summed E-state index contributed by atoms with van der Waals surface area (Å²) in [7, 11) is 1.71. The SMILES string of the molecule is CCNC(=O)C1CNCCN1C(COC)c1ccccc1. The quantitative estimate of drug-likeness (QED) is 0.813. The second-order valence-electron chi connectivity index (χ2n) is 5.23. The fourth-order valence-corrected chi connectivity index (χ4v) is 2.84. The predicted octanol–water partition coefficient (Wildman–Crippen LogP) is 0.784. The highest BCUT2D eigenvalue weighted by Gasteiger charge is 2.33. The lowest BCUT2D eigenvalue weighted by molar-refractivity contribution is -0.128. The summed E-state index contributed by atoms with van der Waals surface area (Å²) in [6, 6.07) is 10.2. The Morgan fingerprint density at radius 3 is 2.90 bits per heavy atom. The summed E-state index contributed by atoms with van der Waals surface area (Å²) in [5, 5.41) is 6.24. The first kappa shape index (κ1) is 15.9. The van der Waals surface area contributed by atoms with Gasteiger partial charge < -0.3 is 15.4 Å². The number of benzene rings is 1. The molecule has 0 aliphatic carbocycles. The van der Waals surface area contributed by atoms with Crippen LogP contribution in [0.4, 0.5) is 0 Å². The molecule has 1 saturated heterocycles. The van der Waals surface area contributed by atoms with Crippen molar-refractivity contribution in [1.82, 2.24) is 15.5 Å². The van der Waals surface area contributed by atoms with Crippen LogP contribution in [0.3, 0.4) is 0 Å². The van der Waals surface area contributed by atoms with Crippen LogP contribution in [0, 0.1) is 0 Å². The third-order valence-electron chi connectivity index (χ3n) is 3.85. The summed E-state index contributed by atoms with van der Waals surface area (Å²) in [6.45, 7) is 5.60. The standard InChI is InChI=1S/C16H25N3O2/c1-3-18-16(20)14-11-17-9-10-19(14)15(12-21-2)13-7-5-4-6-8-13/h4-8,14-15,17H,3,9-12H2,1-2H3,(H,18,20). The monoisotopic (exact) mass is 291 g/mol. The van der Waals surface area contributed by atoms with E-state index in [4.69, 9.17) is 4.74 Å². The van der Waals surface area contributed by atoms with Crippen LogP contribution in [-0.4, -0.2) is 56.7 Å². The van der Waals surface area contributed by atoms with Gasteiger partial charge in [-0.3, -0.25) is 9.69 Å². The van der Waals surface area contributed by atoms with Gasteiger partial charge in [0.2, 0.25) is 5.91 Å². The van der Waals surface area contributed by atoms with Crippen molar-refractivity contribution in [3.05, 3.63) is 35.9 Å². The third kappa shape index (κ3) is 4.03. The van der Waals surface area contributed by atoms with Crippen molar-refractivity contribution in [2.75, 3.05) is 39.9 Å². The molecule has 1 amide bonds. The third-order valence-corrected chi connectivity index (χ3v) is 3.85. The van der Waals surface area contributed by atoms with E-state index in [9.17, 15) is 4.79 Å². The van der Waals surface area contributed by atoms with E-state index < -0.39 is 0 Å². The Morgan fingerprint density at radius 1 is 1.48 bits per heavy atom. The molecular formula is C16H25N3O2. The van der Waals surface area contributed by atoms with Gasteiger partial charge in [0.05, 0.1) is 12.6 Å². The molecule has 0 spiro atoms. The Kier molecular flexibility index (Phi) is 6.17. The Bertz CT molecular complexity index is 438. The first-order chi connectivity index (χ1) is 10.3. The topological polar surface area (TPSA) is 53.6 Å². The maximum atomic E-state index is 12.3. The number of hydrogen-bond acceptors (Lipinski definition) is 4. The molecule has 2 rings (SSSR count). The molecule has 5 nitrogen and oxygen atoms in total. The van der Waals surface area contributed by atoms with E-state index in [1.54, 1.807) is 7.11 Å². The number of carbonyl (C=O) groups is 1. The van der Waals surface area contributed by atoms with Crippen molar-refractivity contribution in [2.45, 2.75) is 19.0 Å². The molecule has 1 aliphatic heterocycles. The molecule has 0 radical (unpaired) electrons. The molecule has 2 atom stereocenters. The summed E-state index contributed by atoms with van der Waals surface area (Å²) in [5.74, 6) is 0.0849. The van der Waals surface area contributed by atoms with Crippen molar-refractivity contribution in [3.8, 4) is 0 Å². The molecule has 116 valence electrons. The van der Waals surface area contributed by atoms with E-state index in [0.29, 0.717) is 19.7 Å². The van der Waals surface area contributed by atoms with Crippen LogP contribution in [0.5, 0.6) is 0 Å². The lowest BCUT2D eigenvalue weighted by Gasteiger charge is -2.40. The number of piperazine rings is 1. The average molecular weight is 291 g/mol. The summed E-state index contributed by atoms with van der Waals surface area (Å²) < 4.78 is 5.41. The number of amides is 1. The minimum absolute atomic E-state index is 0.0849. The number of ether oxygens (including phenoxy) is 1. The molecule has 1 aromatic rings. The smallest absolute Gasteiger partial charge is 0.238 e. The highest BCUT2D eigenvalue weighted by molar-refractivity contribution is 5.82. The number of methoxy groups -OCH3 is 1. The number of hydrogen-bond donors (Lipinski definition) is 2. The minimum atomic E-state index is -0.154. The van der Waals surface area contributed by atoms with Crippen LogP contribution in [0.25, 0.3) is 0 Å². The molecule has 0 aromatic heterocycles. The number of rotatable bonds is 6. The molecular weight excluding hydrogens is 266 g/mol. The van der Waals surface area contributed by atoms with Crippen molar-refractivity contribution in [3.63, 3.8) is 0 Å². The maximum absolute atomic E-state index is 12.3. The number of likely N-dealkylation sites (N-methyl/N-ethyl adjacent to an activating group) is 1. The van der Waals surface area contributed by atoms with Gasteiger partial charge in [0.1, 0.15) is 6.04 Å². The predicted molar refractivity (Wildman–Crippen MR) is 83.1 cm³/mol. The Morgan fingerprint density at radius 2 is 2.24 bits per heavy atom. The summed E-state index contributed by atoms with van der Waals surface area (Å²) in [5.41, 5.74) is 1.19. The maximum Gasteiger partial charge on any atom is 0.238 e. The van der Waals surface area contributed by atoms with Crippen molar-refractivity contribution in [1.29, 1.82) is 0 Å². The van der Waals surface area contributed by atoms with E-state index in [0.717, 1.165) is 13.1 Å². The normalized spacial score (nSPS) is 21.0. The first-order valence-electron chi connectivity index (χ1n) is 7.56. The lowest BCUT2D eigenvalue weighted by Crippen LogP contribution is -2.59. The van der Waals surface area contributed by atoms with Crippen molar-refractivity contribution >= 4 is 5.91 Å². The van der Waals surface area contributed by atoms with Crippen LogP contribution in [0.2, 0.25) is 0 Å². The average Bonchev–Trinajstić information content (AvgIpc) is 2.54. The van der Waals surface area contributed by atoms with Gasteiger partial charge in [-0.2, -0.15) is 0 Å². The fourth-order valence-electron chi connectivity index (χ4n) is 2.84. The van der Waals surface area contributed by atoms with Crippen molar-refractivity contribution < 1.29 is 9.53 Å². The second kappa shape index (κ2) is 8.12. The van der Waals surface area contributed by atoms with Crippen LogP contribution in [0.1, 0.15) is 18.5 Å². The van der Waals surface area contributed by atoms with E-state index in [-0.39, 0.29) is 18.0 Å². The van der Waals surface area contributed by atoms with Crippen LogP contribution < -0.4 is 10.6 Å². The van der Waals surface area contributed by atoms with Crippen LogP contribution in [0.15, 0.2) is 30.3 Å². The van der Waals surface area contributed by atoms with E-state index >= 15 is 0 Å². The largest absolute Gasteiger partial charge is 0.383 e. The van der Waals surface area contributed by atoms with Gasteiger partial charge in [-0.1, -0.05) is 30.3 Å². The zero-order valence-corrected chi connectivity index (χ0v) is 12.8. The number of carbonyl (C=O) groups excluding carboxylic acids is 1. The summed E-state index contributed by atoms with van der Waals surface area (Å²) in [6.07, 6.45) is 0. The van der Waals surface area contributed by atoms with Crippen LogP contribution >= 0.6 is 0 Å². The lowest BCUT2D eigenvalue weighted by atomic mass is 10.0. The Hall–Kier alpha value is -1.43. The molecule has 1 fully saturated rings. The minimum Gasteiger partial charge on any atom is -0.383 e. The molecule has 1 aliphatic rings. The molecule has 0 bridgehead atoms. The van der Waals surface area contributed by atoms with E-state index in [1.165, 1.54) is 5.56 Å². The Labute approximate surface area is 126 Å². The van der Waals surface area contributed by atoms with Gasteiger partial charge >= 0.3 is 0 Å². The summed E-state index contributed by atoms with van der Waals surface area (Å²) in [4.78, 5) is 14.6. The summed E-state index contributed by atoms with van der Waals surface area (Å²) >= 11 is 0. The molecule has 1 heterocycles. The second-order valence-corrected chi connectivity index (χ2v) is 5.23.